The fourth-order valence-electron chi connectivity index (χ4n) is 1.13. The molecule has 0 saturated carbocycles. The van der Waals surface area contributed by atoms with Gasteiger partial charge in [0.05, 0.1) is 6.61 Å². The molecule has 0 heterocycles. The Morgan fingerprint density at radius 2 is 1.60 bits per heavy atom. The van der Waals surface area contributed by atoms with E-state index in [1.165, 1.54) is 25.7 Å². The first-order chi connectivity index (χ1) is 6.98. The van der Waals surface area contributed by atoms with Gasteiger partial charge in [-0.05, 0) is 54.2 Å². The first-order valence-electron chi connectivity index (χ1n) is 5.22. The lowest BCUT2D eigenvalue weighted by atomic mass is 10.1. The van der Waals surface area contributed by atoms with Gasteiger partial charge in [-0.25, -0.2) is 4.79 Å². The normalized spacial score (nSPS) is 11.5. The van der Waals surface area contributed by atoms with Gasteiger partial charge in [-0.1, -0.05) is 39.0 Å². The molecule has 0 rings (SSSR count). The van der Waals surface area contributed by atoms with Crippen molar-refractivity contribution in [3.8, 4) is 0 Å². The summed E-state index contributed by atoms with van der Waals surface area (Å²) in [7, 11) is 0. The van der Waals surface area contributed by atoms with Crippen molar-refractivity contribution >= 4 is 53.8 Å². The number of halogens is 3. The SMILES string of the molecule is CCCCCCCCOC(=O)C(Br)(Br)Br. The zero-order chi connectivity index (χ0) is 11.7. The maximum atomic E-state index is 11.2. The van der Waals surface area contributed by atoms with Crippen molar-refractivity contribution < 1.29 is 9.53 Å². The molecule has 0 spiro atoms. The summed E-state index contributed by atoms with van der Waals surface area (Å²) in [5, 5.41) is 0. The van der Waals surface area contributed by atoms with Gasteiger partial charge in [0.2, 0.25) is 2.14 Å². The highest BCUT2D eigenvalue weighted by Gasteiger charge is 2.30. The summed E-state index contributed by atoms with van der Waals surface area (Å²) in [6, 6.07) is 0. The summed E-state index contributed by atoms with van der Waals surface area (Å²) < 4.78 is 4.11. The molecule has 0 aliphatic carbocycles. The molecule has 90 valence electrons. The van der Waals surface area contributed by atoms with Gasteiger partial charge in [0, 0.05) is 0 Å². The summed E-state index contributed by atoms with van der Waals surface area (Å²) in [6.07, 6.45) is 7.14. The molecule has 0 unspecified atom stereocenters. The van der Waals surface area contributed by atoms with Crippen LogP contribution in [0.1, 0.15) is 45.4 Å². The van der Waals surface area contributed by atoms with Gasteiger partial charge in [0.15, 0.2) is 0 Å². The zero-order valence-electron chi connectivity index (χ0n) is 8.90. The minimum atomic E-state index is -0.921. The van der Waals surface area contributed by atoms with Crippen molar-refractivity contribution in [3.63, 3.8) is 0 Å². The molecular formula is C10H17Br3O2. The first kappa shape index (κ1) is 15.9. The Balaban J connectivity index is 3.28. The average Bonchev–Trinajstić information content (AvgIpc) is 2.14. The van der Waals surface area contributed by atoms with Crippen LogP contribution in [0.2, 0.25) is 0 Å². The second-order valence-corrected chi connectivity index (χ2v) is 10.2. The molecule has 0 aromatic carbocycles. The third kappa shape index (κ3) is 9.82. The molecule has 0 saturated heterocycles. The van der Waals surface area contributed by atoms with Gasteiger partial charge in [0.25, 0.3) is 0 Å². The molecule has 0 radical (unpaired) electrons. The maximum absolute atomic E-state index is 11.2. The van der Waals surface area contributed by atoms with E-state index in [1.54, 1.807) is 0 Å². The minimum Gasteiger partial charge on any atom is -0.463 e. The largest absolute Gasteiger partial charge is 0.463 e. The molecule has 0 N–H and O–H groups in total. The maximum Gasteiger partial charge on any atom is 0.344 e. The van der Waals surface area contributed by atoms with E-state index in [1.807, 2.05) is 0 Å². The quantitative estimate of drug-likeness (QED) is 0.346. The fraction of sp³-hybridized carbons (Fsp3) is 0.900. The Hall–Kier alpha value is 0.910. The van der Waals surface area contributed by atoms with E-state index in [0.29, 0.717) is 6.61 Å². The topological polar surface area (TPSA) is 26.3 Å². The van der Waals surface area contributed by atoms with Gasteiger partial charge >= 0.3 is 5.97 Å². The van der Waals surface area contributed by atoms with Crippen LogP contribution in [-0.2, 0) is 9.53 Å². The Morgan fingerprint density at radius 1 is 1.07 bits per heavy atom. The van der Waals surface area contributed by atoms with E-state index >= 15 is 0 Å². The van der Waals surface area contributed by atoms with Crippen molar-refractivity contribution in [2.75, 3.05) is 6.61 Å². The number of ether oxygens (including phenoxy) is 1. The molecule has 2 nitrogen and oxygen atoms in total. The predicted molar refractivity (Wildman–Crippen MR) is 73.8 cm³/mol. The second-order valence-electron chi connectivity index (χ2n) is 3.40. The van der Waals surface area contributed by atoms with Crippen LogP contribution in [0.4, 0.5) is 0 Å². The van der Waals surface area contributed by atoms with E-state index in [9.17, 15) is 4.79 Å². The molecule has 0 bridgehead atoms. The number of carbonyl (C=O) groups is 1. The van der Waals surface area contributed by atoms with E-state index < -0.39 is 2.14 Å². The Bertz CT molecular complexity index is 178. The van der Waals surface area contributed by atoms with E-state index in [2.05, 4.69) is 54.7 Å². The zero-order valence-corrected chi connectivity index (χ0v) is 13.7. The number of alkyl halides is 3. The fourth-order valence-corrected chi connectivity index (χ4v) is 1.47. The Morgan fingerprint density at radius 3 is 2.13 bits per heavy atom. The molecule has 0 amide bonds. The standard InChI is InChI=1S/C10H17Br3O2/c1-2-3-4-5-6-7-8-15-9(14)10(11,12)13/h2-8H2,1H3. The second kappa shape index (κ2) is 8.99. The number of unbranched alkanes of at least 4 members (excludes halogenated alkanes) is 5. The highest BCUT2D eigenvalue weighted by Crippen LogP contribution is 2.34. The molecule has 0 fully saturated rings. The van der Waals surface area contributed by atoms with Crippen LogP contribution < -0.4 is 0 Å². The molecule has 0 aromatic rings. The van der Waals surface area contributed by atoms with E-state index in [-0.39, 0.29) is 5.97 Å². The van der Waals surface area contributed by atoms with Crippen LogP contribution in [-0.4, -0.2) is 14.7 Å². The van der Waals surface area contributed by atoms with Crippen LogP contribution in [0.5, 0.6) is 0 Å². The highest BCUT2D eigenvalue weighted by molar-refractivity contribution is 9.40. The van der Waals surface area contributed by atoms with Gasteiger partial charge in [-0.2, -0.15) is 0 Å². The molecule has 0 atom stereocenters. The van der Waals surface area contributed by atoms with Crippen LogP contribution in [0.15, 0.2) is 0 Å². The van der Waals surface area contributed by atoms with E-state index in [4.69, 9.17) is 4.74 Å². The van der Waals surface area contributed by atoms with Crippen molar-refractivity contribution in [1.29, 1.82) is 0 Å². The third-order valence-corrected chi connectivity index (χ3v) is 2.93. The number of hydrogen-bond acceptors (Lipinski definition) is 2. The van der Waals surface area contributed by atoms with Crippen LogP contribution >= 0.6 is 47.8 Å². The van der Waals surface area contributed by atoms with Gasteiger partial charge in [0.1, 0.15) is 0 Å². The number of carbonyl (C=O) groups excluding carboxylic acids is 1. The van der Waals surface area contributed by atoms with Crippen molar-refractivity contribution in [1.82, 2.24) is 0 Å². The number of hydrogen-bond donors (Lipinski definition) is 0. The molecule has 15 heavy (non-hydrogen) atoms. The summed E-state index contributed by atoms with van der Waals surface area (Å²) in [5.74, 6) is -0.337. The summed E-state index contributed by atoms with van der Waals surface area (Å²) in [4.78, 5) is 11.2. The van der Waals surface area contributed by atoms with Crippen molar-refractivity contribution in [2.45, 2.75) is 47.6 Å². The molecule has 0 aliphatic rings. The Labute approximate surface area is 117 Å². The average molecular weight is 409 g/mol. The molecule has 5 heteroatoms. The number of rotatable bonds is 7. The number of esters is 1. The summed E-state index contributed by atoms with van der Waals surface area (Å²) >= 11 is 9.32. The third-order valence-electron chi connectivity index (χ3n) is 1.96. The van der Waals surface area contributed by atoms with E-state index in [0.717, 1.165) is 12.8 Å². The van der Waals surface area contributed by atoms with Crippen molar-refractivity contribution in [3.05, 3.63) is 0 Å². The van der Waals surface area contributed by atoms with Gasteiger partial charge < -0.3 is 4.74 Å². The highest BCUT2D eigenvalue weighted by atomic mass is 80.0. The molecular weight excluding hydrogens is 392 g/mol. The monoisotopic (exact) mass is 406 g/mol. The minimum absolute atomic E-state index is 0.337. The van der Waals surface area contributed by atoms with Crippen LogP contribution in [0.3, 0.4) is 0 Å². The van der Waals surface area contributed by atoms with Gasteiger partial charge in [-0.3, -0.25) is 0 Å². The lowest BCUT2D eigenvalue weighted by molar-refractivity contribution is -0.141. The molecule has 0 aromatic heterocycles. The van der Waals surface area contributed by atoms with Gasteiger partial charge in [-0.15, -0.1) is 0 Å². The molecule has 0 aliphatic heterocycles. The smallest absolute Gasteiger partial charge is 0.344 e. The predicted octanol–water partition coefficient (Wildman–Crippen LogP) is 4.73. The summed E-state index contributed by atoms with van der Waals surface area (Å²) in [5.41, 5.74) is 0. The first-order valence-corrected chi connectivity index (χ1v) is 7.60. The Kier molecular flexibility index (Phi) is 9.54. The summed E-state index contributed by atoms with van der Waals surface area (Å²) in [6.45, 7) is 2.69. The lowest BCUT2D eigenvalue weighted by Gasteiger charge is -2.11. The van der Waals surface area contributed by atoms with Crippen LogP contribution in [0.25, 0.3) is 0 Å². The van der Waals surface area contributed by atoms with Crippen molar-refractivity contribution in [2.24, 2.45) is 0 Å². The lowest BCUT2D eigenvalue weighted by Crippen LogP contribution is -2.20. The van der Waals surface area contributed by atoms with Crippen LogP contribution in [0, 0.1) is 0 Å².